The Balaban J connectivity index is 2.15. The van der Waals surface area contributed by atoms with Crippen LogP contribution in [0.2, 0.25) is 0 Å². The Hall–Kier alpha value is -1.99. The van der Waals surface area contributed by atoms with Crippen LogP contribution >= 0.6 is 15.9 Å². The molecule has 2 aromatic rings. The standard InChI is InChI=1S/C14H11BrF2N2O2/c15-10-5-11(16)13(17)12(6-10)21-7-8-2-1-3-9(4-8)14(20)19-18/h1-6H,7,18H2,(H,19,20). The van der Waals surface area contributed by atoms with Crippen molar-refractivity contribution < 1.29 is 18.3 Å². The number of carbonyl (C=O) groups is 1. The van der Waals surface area contributed by atoms with Gasteiger partial charge in [0.05, 0.1) is 0 Å². The first-order chi connectivity index (χ1) is 10.0. The Morgan fingerprint density at radius 3 is 2.76 bits per heavy atom. The molecular weight excluding hydrogens is 346 g/mol. The summed E-state index contributed by atoms with van der Waals surface area (Å²) >= 11 is 3.06. The second kappa shape index (κ2) is 6.64. The maximum absolute atomic E-state index is 13.5. The van der Waals surface area contributed by atoms with Crippen molar-refractivity contribution in [2.24, 2.45) is 5.84 Å². The van der Waals surface area contributed by atoms with Gasteiger partial charge in [-0.2, -0.15) is 4.39 Å². The van der Waals surface area contributed by atoms with Gasteiger partial charge in [-0.3, -0.25) is 10.2 Å². The molecular formula is C14H11BrF2N2O2. The van der Waals surface area contributed by atoms with E-state index in [1.54, 1.807) is 24.3 Å². The first-order valence-corrected chi connectivity index (χ1v) is 6.68. The Morgan fingerprint density at radius 2 is 2.05 bits per heavy atom. The number of carbonyl (C=O) groups excluding carboxylic acids is 1. The number of hydrogen-bond donors (Lipinski definition) is 2. The number of amides is 1. The van der Waals surface area contributed by atoms with E-state index in [-0.39, 0.29) is 12.4 Å². The highest BCUT2D eigenvalue weighted by Gasteiger charge is 2.12. The van der Waals surface area contributed by atoms with Crippen molar-refractivity contribution >= 4 is 21.8 Å². The zero-order valence-corrected chi connectivity index (χ0v) is 12.3. The summed E-state index contributed by atoms with van der Waals surface area (Å²) < 4.78 is 32.4. The Kier molecular flexibility index (Phi) is 4.87. The molecule has 2 aromatic carbocycles. The Morgan fingerprint density at radius 1 is 1.29 bits per heavy atom. The fourth-order valence-electron chi connectivity index (χ4n) is 1.68. The van der Waals surface area contributed by atoms with Crippen LogP contribution < -0.4 is 16.0 Å². The summed E-state index contributed by atoms with van der Waals surface area (Å²) in [7, 11) is 0. The number of nitrogens with two attached hydrogens (primary N) is 1. The summed E-state index contributed by atoms with van der Waals surface area (Å²) in [4.78, 5) is 11.4. The first kappa shape index (κ1) is 15.4. The number of rotatable bonds is 4. The van der Waals surface area contributed by atoms with Crippen LogP contribution in [0, 0.1) is 11.6 Å². The van der Waals surface area contributed by atoms with Gasteiger partial charge in [-0.15, -0.1) is 0 Å². The number of ether oxygens (including phenoxy) is 1. The molecule has 0 aliphatic heterocycles. The Labute approximate surface area is 128 Å². The molecule has 0 bridgehead atoms. The van der Waals surface area contributed by atoms with Crippen LogP contribution in [0.1, 0.15) is 15.9 Å². The molecule has 0 aliphatic rings. The quantitative estimate of drug-likeness (QED) is 0.383. The molecule has 0 atom stereocenters. The van der Waals surface area contributed by atoms with Gasteiger partial charge in [-0.05, 0) is 29.8 Å². The fourth-order valence-corrected chi connectivity index (χ4v) is 2.09. The molecule has 7 heteroatoms. The van der Waals surface area contributed by atoms with Gasteiger partial charge in [0.1, 0.15) is 6.61 Å². The van der Waals surface area contributed by atoms with Gasteiger partial charge < -0.3 is 4.74 Å². The monoisotopic (exact) mass is 356 g/mol. The van der Waals surface area contributed by atoms with Gasteiger partial charge in [-0.1, -0.05) is 28.1 Å². The van der Waals surface area contributed by atoms with Crippen molar-refractivity contribution in [3.05, 3.63) is 63.6 Å². The maximum atomic E-state index is 13.5. The molecule has 0 aliphatic carbocycles. The minimum atomic E-state index is -1.06. The van der Waals surface area contributed by atoms with E-state index in [1.807, 2.05) is 5.43 Å². The molecule has 0 heterocycles. The average Bonchev–Trinajstić information content (AvgIpc) is 2.49. The lowest BCUT2D eigenvalue weighted by Gasteiger charge is -2.09. The molecule has 21 heavy (non-hydrogen) atoms. The number of benzene rings is 2. The third-order valence-electron chi connectivity index (χ3n) is 2.67. The molecule has 0 aromatic heterocycles. The minimum Gasteiger partial charge on any atom is -0.486 e. The van der Waals surface area contributed by atoms with E-state index < -0.39 is 17.5 Å². The predicted octanol–water partition coefficient (Wildman–Crippen LogP) is 2.91. The molecule has 0 radical (unpaired) electrons. The van der Waals surface area contributed by atoms with Crippen LogP contribution in [0.4, 0.5) is 8.78 Å². The van der Waals surface area contributed by atoms with Crippen molar-refractivity contribution in [2.75, 3.05) is 0 Å². The highest BCUT2D eigenvalue weighted by molar-refractivity contribution is 9.10. The third-order valence-corrected chi connectivity index (χ3v) is 3.13. The van der Waals surface area contributed by atoms with Gasteiger partial charge in [0.2, 0.25) is 5.82 Å². The lowest BCUT2D eigenvalue weighted by molar-refractivity contribution is 0.0953. The highest BCUT2D eigenvalue weighted by atomic mass is 79.9. The first-order valence-electron chi connectivity index (χ1n) is 5.88. The van der Waals surface area contributed by atoms with Crippen LogP contribution in [0.5, 0.6) is 5.75 Å². The molecule has 3 N–H and O–H groups in total. The zero-order chi connectivity index (χ0) is 15.4. The topological polar surface area (TPSA) is 64.3 Å². The SMILES string of the molecule is NNC(=O)c1cccc(COc2cc(Br)cc(F)c2F)c1. The molecule has 0 saturated heterocycles. The van der Waals surface area contributed by atoms with Gasteiger partial charge in [-0.25, -0.2) is 10.2 Å². The second-order valence-electron chi connectivity index (χ2n) is 4.16. The molecule has 110 valence electrons. The molecule has 0 unspecified atom stereocenters. The smallest absolute Gasteiger partial charge is 0.265 e. The number of hydrazine groups is 1. The van der Waals surface area contributed by atoms with Crippen LogP contribution in [-0.4, -0.2) is 5.91 Å². The molecule has 4 nitrogen and oxygen atoms in total. The lowest BCUT2D eigenvalue weighted by Crippen LogP contribution is -2.30. The van der Waals surface area contributed by atoms with Crippen LogP contribution in [-0.2, 0) is 6.61 Å². The summed E-state index contributed by atoms with van der Waals surface area (Å²) in [5.41, 5.74) is 2.98. The largest absolute Gasteiger partial charge is 0.486 e. The highest BCUT2D eigenvalue weighted by Crippen LogP contribution is 2.26. The van der Waals surface area contributed by atoms with Crippen molar-refractivity contribution in [3.63, 3.8) is 0 Å². The van der Waals surface area contributed by atoms with Crippen molar-refractivity contribution in [1.82, 2.24) is 5.43 Å². The van der Waals surface area contributed by atoms with Crippen molar-refractivity contribution in [2.45, 2.75) is 6.61 Å². The molecule has 1 amide bonds. The summed E-state index contributed by atoms with van der Waals surface area (Å²) in [6.45, 7) is -0.0154. The summed E-state index contributed by atoms with van der Waals surface area (Å²) in [6, 6.07) is 8.80. The fraction of sp³-hybridized carbons (Fsp3) is 0.0714. The summed E-state index contributed by atoms with van der Waals surface area (Å²) in [5, 5.41) is 0. The lowest BCUT2D eigenvalue weighted by atomic mass is 10.1. The number of halogens is 3. The molecule has 0 saturated carbocycles. The van der Waals surface area contributed by atoms with Crippen LogP contribution in [0.25, 0.3) is 0 Å². The normalized spacial score (nSPS) is 10.3. The average molecular weight is 357 g/mol. The summed E-state index contributed by atoms with van der Waals surface area (Å²) in [5.74, 6) is 2.32. The number of nitrogens with one attached hydrogen (secondary N) is 1. The van der Waals surface area contributed by atoms with Gasteiger partial charge in [0, 0.05) is 10.0 Å². The minimum absolute atomic E-state index is 0.0154. The maximum Gasteiger partial charge on any atom is 0.265 e. The molecule has 0 spiro atoms. The van der Waals surface area contributed by atoms with E-state index >= 15 is 0 Å². The van der Waals surface area contributed by atoms with Crippen molar-refractivity contribution in [3.8, 4) is 5.75 Å². The van der Waals surface area contributed by atoms with Gasteiger partial charge in [0.15, 0.2) is 11.6 Å². The number of nitrogen functional groups attached to an aromatic ring is 1. The van der Waals surface area contributed by atoms with Crippen molar-refractivity contribution in [1.29, 1.82) is 0 Å². The van der Waals surface area contributed by atoms with E-state index in [2.05, 4.69) is 15.9 Å². The zero-order valence-electron chi connectivity index (χ0n) is 10.7. The van der Waals surface area contributed by atoms with E-state index in [9.17, 15) is 13.6 Å². The molecule has 2 rings (SSSR count). The van der Waals surface area contributed by atoms with E-state index in [0.717, 1.165) is 6.07 Å². The van der Waals surface area contributed by atoms with Crippen LogP contribution in [0.3, 0.4) is 0 Å². The third kappa shape index (κ3) is 3.77. The van der Waals surface area contributed by atoms with Gasteiger partial charge in [0.25, 0.3) is 5.91 Å². The second-order valence-corrected chi connectivity index (χ2v) is 5.08. The van der Waals surface area contributed by atoms with Crippen LogP contribution in [0.15, 0.2) is 40.9 Å². The summed E-state index contributed by atoms with van der Waals surface area (Å²) in [6.07, 6.45) is 0. The van der Waals surface area contributed by atoms with E-state index in [0.29, 0.717) is 15.6 Å². The van der Waals surface area contributed by atoms with E-state index in [1.165, 1.54) is 6.07 Å². The van der Waals surface area contributed by atoms with Gasteiger partial charge >= 0.3 is 0 Å². The Bertz CT molecular complexity index is 680. The molecule has 0 fully saturated rings. The predicted molar refractivity (Wildman–Crippen MR) is 76.5 cm³/mol. The number of hydrogen-bond acceptors (Lipinski definition) is 3. The van der Waals surface area contributed by atoms with E-state index in [4.69, 9.17) is 10.6 Å².